The van der Waals surface area contributed by atoms with E-state index in [1.165, 1.54) is 4.88 Å². The Morgan fingerprint density at radius 2 is 2.15 bits per heavy atom. The Labute approximate surface area is 121 Å². The van der Waals surface area contributed by atoms with Crippen molar-refractivity contribution in [2.45, 2.75) is 20.4 Å². The number of thiazole rings is 1. The van der Waals surface area contributed by atoms with Gasteiger partial charge in [0.2, 0.25) is 0 Å². The summed E-state index contributed by atoms with van der Waals surface area (Å²) < 4.78 is 2.10. The quantitative estimate of drug-likeness (QED) is 0.751. The van der Waals surface area contributed by atoms with Crippen molar-refractivity contribution in [2.24, 2.45) is 0 Å². The molecule has 3 aromatic rings. The fourth-order valence-electron chi connectivity index (χ4n) is 2.13. The van der Waals surface area contributed by atoms with Gasteiger partial charge in [-0.05, 0) is 26.0 Å². The van der Waals surface area contributed by atoms with Crippen LogP contribution in [-0.2, 0) is 6.54 Å². The second-order valence-corrected chi connectivity index (χ2v) is 6.04. The van der Waals surface area contributed by atoms with Crippen LogP contribution in [0.25, 0.3) is 11.4 Å². The number of aryl methyl sites for hydroxylation is 2. The van der Waals surface area contributed by atoms with Crippen molar-refractivity contribution < 1.29 is 0 Å². The first-order valence-corrected chi connectivity index (χ1v) is 7.25. The maximum Gasteiger partial charge on any atom is 0.140 e. The van der Waals surface area contributed by atoms with E-state index in [0.717, 1.165) is 34.3 Å². The van der Waals surface area contributed by atoms with E-state index in [1.54, 1.807) is 11.3 Å². The minimum Gasteiger partial charge on any atom is -0.399 e. The van der Waals surface area contributed by atoms with Gasteiger partial charge in [-0.3, -0.25) is 0 Å². The third kappa shape index (κ3) is 2.44. The number of hydrogen-bond donors (Lipinski definition) is 1. The summed E-state index contributed by atoms with van der Waals surface area (Å²) in [4.78, 5) is 10.3. The number of imidazole rings is 1. The molecule has 1 aromatic carbocycles. The highest BCUT2D eigenvalue weighted by Gasteiger charge is 2.09. The molecule has 0 amide bonds. The summed E-state index contributed by atoms with van der Waals surface area (Å²) >= 11 is 1.74. The van der Waals surface area contributed by atoms with Gasteiger partial charge in [-0.25, -0.2) is 9.97 Å². The third-order valence-corrected chi connectivity index (χ3v) is 4.30. The van der Waals surface area contributed by atoms with E-state index >= 15 is 0 Å². The molecule has 0 saturated heterocycles. The van der Waals surface area contributed by atoms with E-state index in [2.05, 4.69) is 21.5 Å². The molecule has 0 aliphatic rings. The van der Waals surface area contributed by atoms with E-state index in [4.69, 9.17) is 5.73 Å². The Hall–Kier alpha value is -2.14. The number of hydrogen-bond acceptors (Lipinski definition) is 4. The Kier molecular flexibility index (Phi) is 3.28. The second kappa shape index (κ2) is 5.09. The van der Waals surface area contributed by atoms with Crippen LogP contribution in [0.1, 0.15) is 15.6 Å². The maximum atomic E-state index is 5.84. The first-order chi connectivity index (χ1) is 9.63. The molecule has 2 N–H and O–H groups in total. The SMILES string of the molecule is Cc1nc(Cn2ccnc2-c2cccc(N)c2)sc1C. The fourth-order valence-corrected chi connectivity index (χ4v) is 3.06. The van der Waals surface area contributed by atoms with E-state index in [1.807, 2.05) is 43.6 Å². The molecule has 0 aliphatic heterocycles. The van der Waals surface area contributed by atoms with Crippen molar-refractivity contribution in [3.8, 4) is 11.4 Å². The number of anilines is 1. The van der Waals surface area contributed by atoms with Gasteiger partial charge in [0.25, 0.3) is 0 Å². The number of aromatic nitrogens is 3. The number of nitrogens with two attached hydrogens (primary N) is 1. The fraction of sp³-hybridized carbons (Fsp3) is 0.200. The highest BCUT2D eigenvalue weighted by atomic mass is 32.1. The molecule has 0 fully saturated rings. The zero-order chi connectivity index (χ0) is 14.1. The van der Waals surface area contributed by atoms with Crippen LogP contribution in [-0.4, -0.2) is 14.5 Å². The van der Waals surface area contributed by atoms with Gasteiger partial charge >= 0.3 is 0 Å². The van der Waals surface area contributed by atoms with Crippen LogP contribution in [0.5, 0.6) is 0 Å². The summed E-state index contributed by atoms with van der Waals surface area (Å²) in [5, 5.41) is 1.10. The van der Waals surface area contributed by atoms with Gasteiger partial charge in [0, 0.05) is 28.5 Å². The lowest BCUT2D eigenvalue weighted by molar-refractivity contribution is 0.797. The highest BCUT2D eigenvalue weighted by molar-refractivity contribution is 7.11. The molecule has 2 aromatic heterocycles. The molecule has 102 valence electrons. The minimum absolute atomic E-state index is 0.740. The average molecular weight is 284 g/mol. The van der Waals surface area contributed by atoms with Gasteiger partial charge in [-0.1, -0.05) is 12.1 Å². The molecule has 0 spiro atoms. The number of nitrogen functional groups attached to an aromatic ring is 1. The lowest BCUT2D eigenvalue weighted by atomic mass is 10.2. The number of benzene rings is 1. The second-order valence-electron chi connectivity index (χ2n) is 4.75. The van der Waals surface area contributed by atoms with E-state index in [-0.39, 0.29) is 0 Å². The van der Waals surface area contributed by atoms with Crippen molar-refractivity contribution in [3.63, 3.8) is 0 Å². The molecule has 0 bridgehead atoms. The first kappa shape index (κ1) is 12.9. The van der Waals surface area contributed by atoms with E-state index in [0.29, 0.717) is 0 Å². The predicted octanol–water partition coefficient (Wildman–Crippen LogP) is 3.25. The zero-order valence-electron chi connectivity index (χ0n) is 11.5. The molecule has 3 rings (SSSR count). The molecular formula is C15H16N4S. The van der Waals surface area contributed by atoms with Crippen LogP contribution in [0.2, 0.25) is 0 Å². The summed E-state index contributed by atoms with van der Waals surface area (Å²) in [6.07, 6.45) is 3.79. The van der Waals surface area contributed by atoms with Crippen molar-refractivity contribution in [1.82, 2.24) is 14.5 Å². The van der Waals surface area contributed by atoms with Gasteiger partial charge in [-0.2, -0.15) is 0 Å². The van der Waals surface area contributed by atoms with Crippen LogP contribution >= 0.6 is 11.3 Å². The summed E-state index contributed by atoms with van der Waals surface area (Å²) in [5.74, 6) is 0.919. The van der Waals surface area contributed by atoms with Gasteiger partial charge in [0.05, 0.1) is 12.2 Å². The highest BCUT2D eigenvalue weighted by Crippen LogP contribution is 2.23. The Morgan fingerprint density at radius 3 is 2.85 bits per heavy atom. The minimum atomic E-state index is 0.740. The first-order valence-electron chi connectivity index (χ1n) is 6.43. The Morgan fingerprint density at radius 1 is 1.30 bits per heavy atom. The molecule has 5 heteroatoms. The predicted molar refractivity (Wildman–Crippen MR) is 82.8 cm³/mol. The van der Waals surface area contributed by atoms with Crippen molar-refractivity contribution in [1.29, 1.82) is 0 Å². The molecule has 0 saturated carbocycles. The summed E-state index contributed by atoms with van der Waals surface area (Å²) in [7, 11) is 0. The third-order valence-electron chi connectivity index (χ3n) is 3.24. The van der Waals surface area contributed by atoms with Gasteiger partial charge in [0.1, 0.15) is 10.8 Å². The molecule has 20 heavy (non-hydrogen) atoms. The van der Waals surface area contributed by atoms with Crippen LogP contribution in [0, 0.1) is 13.8 Å². The van der Waals surface area contributed by atoms with Crippen molar-refractivity contribution >= 4 is 17.0 Å². The van der Waals surface area contributed by atoms with E-state index in [9.17, 15) is 0 Å². The topological polar surface area (TPSA) is 56.7 Å². The van der Waals surface area contributed by atoms with Crippen molar-refractivity contribution in [2.75, 3.05) is 5.73 Å². The molecule has 2 heterocycles. The van der Waals surface area contributed by atoms with Gasteiger partial charge < -0.3 is 10.3 Å². The summed E-state index contributed by atoms with van der Waals surface area (Å²) in [6.45, 7) is 4.88. The number of rotatable bonds is 3. The van der Waals surface area contributed by atoms with E-state index < -0.39 is 0 Å². The zero-order valence-corrected chi connectivity index (χ0v) is 12.3. The summed E-state index contributed by atoms with van der Waals surface area (Å²) in [5.41, 5.74) is 8.73. The normalized spacial score (nSPS) is 10.9. The van der Waals surface area contributed by atoms with Crippen LogP contribution in [0.4, 0.5) is 5.69 Å². The summed E-state index contributed by atoms with van der Waals surface area (Å²) in [6, 6.07) is 7.79. The maximum absolute atomic E-state index is 5.84. The number of nitrogens with zero attached hydrogens (tertiary/aromatic N) is 3. The lowest BCUT2D eigenvalue weighted by Gasteiger charge is -2.06. The smallest absolute Gasteiger partial charge is 0.140 e. The lowest BCUT2D eigenvalue weighted by Crippen LogP contribution is -2.01. The molecular weight excluding hydrogens is 268 g/mol. The Bertz CT molecular complexity index is 722. The molecule has 0 atom stereocenters. The molecule has 0 unspecified atom stereocenters. The van der Waals surface area contributed by atoms with Crippen LogP contribution < -0.4 is 5.73 Å². The largest absolute Gasteiger partial charge is 0.399 e. The van der Waals surface area contributed by atoms with Crippen LogP contribution in [0.3, 0.4) is 0 Å². The standard InChI is InChI=1S/C15H16N4S/c1-10-11(2)20-14(18-10)9-19-7-6-17-15(19)12-4-3-5-13(16)8-12/h3-8H,9,16H2,1-2H3. The van der Waals surface area contributed by atoms with Crippen molar-refractivity contribution in [3.05, 3.63) is 52.2 Å². The average Bonchev–Trinajstić information content (AvgIpc) is 2.98. The molecule has 0 aliphatic carbocycles. The Balaban J connectivity index is 1.94. The van der Waals surface area contributed by atoms with Gasteiger partial charge in [0.15, 0.2) is 0 Å². The molecule has 4 nitrogen and oxygen atoms in total. The molecule has 0 radical (unpaired) electrons. The monoisotopic (exact) mass is 284 g/mol. The van der Waals surface area contributed by atoms with Gasteiger partial charge in [-0.15, -0.1) is 11.3 Å². The van der Waals surface area contributed by atoms with Crippen LogP contribution in [0.15, 0.2) is 36.7 Å².